The van der Waals surface area contributed by atoms with Crippen LogP contribution >= 0.6 is 11.6 Å². The summed E-state index contributed by atoms with van der Waals surface area (Å²) in [4.78, 5) is 12.8. The van der Waals surface area contributed by atoms with Crippen LogP contribution in [0.1, 0.15) is 57.1 Å². The van der Waals surface area contributed by atoms with Crippen LogP contribution in [0.2, 0.25) is 5.02 Å². The SMILES string of the molecule is Cc1ccc([C@@H]2C[C@H](C(F)(F)F)n3nc(C(=O)NCc4c(C)nn(C)c4C)c(Cl)c3N2)cc1. The number of nitrogens with one attached hydrogen (secondary N) is 2. The maximum absolute atomic E-state index is 13.9. The Labute approximate surface area is 193 Å². The number of fused-ring (bicyclic) bond motifs is 1. The van der Waals surface area contributed by atoms with Gasteiger partial charge >= 0.3 is 6.18 Å². The van der Waals surface area contributed by atoms with Gasteiger partial charge in [0.1, 0.15) is 10.8 Å². The third kappa shape index (κ3) is 4.31. The van der Waals surface area contributed by atoms with Gasteiger partial charge in [0.25, 0.3) is 5.91 Å². The molecular weight excluding hydrogens is 457 g/mol. The topological polar surface area (TPSA) is 76.8 Å². The van der Waals surface area contributed by atoms with Gasteiger partial charge in [0, 0.05) is 31.3 Å². The summed E-state index contributed by atoms with van der Waals surface area (Å²) in [7, 11) is 1.79. The normalized spacial score (nSPS) is 18.1. The van der Waals surface area contributed by atoms with E-state index >= 15 is 0 Å². The Hall–Kier alpha value is -3.01. The number of halogens is 4. The molecule has 0 fully saturated rings. The first-order chi connectivity index (χ1) is 15.5. The molecule has 2 N–H and O–H groups in total. The van der Waals surface area contributed by atoms with Crippen molar-refractivity contribution in [2.24, 2.45) is 7.05 Å². The van der Waals surface area contributed by atoms with Gasteiger partial charge in [0.15, 0.2) is 11.7 Å². The van der Waals surface area contributed by atoms with Crippen LogP contribution in [-0.4, -0.2) is 31.6 Å². The zero-order valence-electron chi connectivity index (χ0n) is 18.6. The number of nitrogens with zero attached hydrogens (tertiary/aromatic N) is 4. The molecule has 0 bridgehead atoms. The smallest absolute Gasteiger partial charge is 0.362 e. The predicted octanol–water partition coefficient (Wildman–Crippen LogP) is 4.79. The number of hydrogen-bond donors (Lipinski definition) is 2. The monoisotopic (exact) mass is 480 g/mol. The molecule has 3 aromatic rings. The van der Waals surface area contributed by atoms with Gasteiger partial charge in [-0.3, -0.25) is 9.48 Å². The molecule has 0 spiro atoms. The highest BCUT2D eigenvalue weighted by Gasteiger charge is 2.47. The van der Waals surface area contributed by atoms with E-state index in [-0.39, 0.29) is 29.5 Å². The first-order valence-electron chi connectivity index (χ1n) is 10.4. The molecule has 33 heavy (non-hydrogen) atoms. The van der Waals surface area contributed by atoms with Crippen LogP contribution in [0.3, 0.4) is 0 Å². The first kappa shape index (κ1) is 23.2. The van der Waals surface area contributed by atoms with Crippen molar-refractivity contribution in [2.45, 2.75) is 52.0 Å². The van der Waals surface area contributed by atoms with Crippen molar-refractivity contribution >= 4 is 23.3 Å². The summed E-state index contributed by atoms with van der Waals surface area (Å²) in [6.45, 7) is 5.75. The van der Waals surface area contributed by atoms with Gasteiger partial charge in [-0.15, -0.1) is 0 Å². The van der Waals surface area contributed by atoms with Gasteiger partial charge in [-0.05, 0) is 26.3 Å². The molecule has 1 aromatic carbocycles. The molecule has 1 aliphatic heterocycles. The lowest BCUT2D eigenvalue weighted by molar-refractivity contribution is -0.173. The number of alkyl halides is 3. The number of hydrogen-bond acceptors (Lipinski definition) is 4. The van der Waals surface area contributed by atoms with Crippen LogP contribution in [0, 0.1) is 20.8 Å². The lowest BCUT2D eigenvalue weighted by Gasteiger charge is -2.33. The van der Waals surface area contributed by atoms with Gasteiger partial charge in [-0.1, -0.05) is 41.4 Å². The molecule has 176 valence electrons. The van der Waals surface area contributed by atoms with Crippen molar-refractivity contribution in [1.82, 2.24) is 24.9 Å². The van der Waals surface area contributed by atoms with E-state index in [9.17, 15) is 18.0 Å². The molecule has 0 unspecified atom stereocenters. The van der Waals surface area contributed by atoms with E-state index in [0.717, 1.165) is 27.2 Å². The van der Waals surface area contributed by atoms with Gasteiger partial charge in [0.05, 0.1) is 11.7 Å². The molecular formula is C22H24ClF3N6O. The maximum Gasteiger partial charge on any atom is 0.410 e. The Morgan fingerprint density at radius 2 is 1.88 bits per heavy atom. The van der Waals surface area contributed by atoms with Crippen molar-refractivity contribution in [3.05, 3.63) is 63.1 Å². The Morgan fingerprint density at radius 3 is 2.45 bits per heavy atom. The number of aryl methyl sites for hydroxylation is 3. The van der Waals surface area contributed by atoms with E-state index in [4.69, 9.17) is 11.6 Å². The molecule has 11 heteroatoms. The molecule has 1 aliphatic rings. The average molecular weight is 481 g/mol. The van der Waals surface area contributed by atoms with E-state index < -0.39 is 24.2 Å². The van der Waals surface area contributed by atoms with Crippen LogP contribution in [0.5, 0.6) is 0 Å². The lowest BCUT2D eigenvalue weighted by Crippen LogP contribution is -2.36. The van der Waals surface area contributed by atoms with E-state index in [1.807, 2.05) is 32.9 Å². The Balaban J connectivity index is 1.64. The molecule has 7 nitrogen and oxygen atoms in total. The second kappa shape index (κ2) is 8.40. The summed E-state index contributed by atoms with van der Waals surface area (Å²) in [5.41, 5.74) is 3.91. The largest absolute Gasteiger partial charge is 0.410 e. The number of aromatic nitrogens is 4. The molecule has 0 saturated carbocycles. The van der Waals surface area contributed by atoms with Crippen molar-refractivity contribution in [2.75, 3.05) is 5.32 Å². The van der Waals surface area contributed by atoms with E-state index in [1.54, 1.807) is 23.9 Å². The predicted molar refractivity (Wildman–Crippen MR) is 118 cm³/mol. The van der Waals surface area contributed by atoms with E-state index in [0.29, 0.717) is 5.56 Å². The van der Waals surface area contributed by atoms with E-state index in [2.05, 4.69) is 20.8 Å². The molecule has 0 saturated heterocycles. The van der Waals surface area contributed by atoms with E-state index in [1.165, 1.54) is 0 Å². The second-order valence-electron chi connectivity index (χ2n) is 8.31. The highest BCUT2D eigenvalue weighted by molar-refractivity contribution is 6.36. The third-order valence-electron chi connectivity index (χ3n) is 6.08. The Kier molecular flexibility index (Phi) is 5.90. The third-order valence-corrected chi connectivity index (χ3v) is 6.43. The van der Waals surface area contributed by atoms with Crippen LogP contribution in [0.15, 0.2) is 24.3 Å². The first-order valence-corrected chi connectivity index (χ1v) is 10.8. The highest BCUT2D eigenvalue weighted by Crippen LogP contribution is 2.46. The summed E-state index contributed by atoms with van der Waals surface area (Å²) in [6.07, 6.45) is -4.83. The van der Waals surface area contributed by atoms with Gasteiger partial charge in [-0.2, -0.15) is 23.4 Å². The summed E-state index contributed by atoms with van der Waals surface area (Å²) in [6, 6.07) is 4.71. The minimum atomic E-state index is -4.56. The average Bonchev–Trinajstić information content (AvgIpc) is 3.21. The van der Waals surface area contributed by atoms with Crippen LogP contribution in [0.4, 0.5) is 19.0 Å². The highest BCUT2D eigenvalue weighted by atomic mass is 35.5. The van der Waals surface area contributed by atoms with Crippen molar-refractivity contribution in [1.29, 1.82) is 0 Å². The maximum atomic E-state index is 13.9. The summed E-state index contributed by atoms with van der Waals surface area (Å²) in [5.74, 6) is -0.672. The summed E-state index contributed by atoms with van der Waals surface area (Å²) < 4.78 is 44.3. The number of amides is 1. The number of carbonyl (C=O) groups excluding carboxylic acids is 1. The zero-order chi connectivity index (χ0) is 24.1. The molecule has 0 aliphatic carbocycles. The molecule has 4 rings (SSSR count). The quantitative estimate of drug-likeness (QED) is 0.563. The molecule has 3 heterocycles. The molecule has 2 atom stereocenters. The van der Waals surface area contributed by atoms with Crippen LogP contribution in [-0.2, 0) is 13.6 Å². The summed E-state index contributed by atoms with van der Waals surface area (Å²) in [5, 5.41) is 13.9. The number of benzene rings is 1. The minimum absolute atomic E-state index is 0.0188. The Bertz CT molecular complexity index is 1200. The second-order valence-corrected chi connectivity index (χ2v) is 8.69. The zero-order valence-corrected chi connectivity index (χ0v) is 19.3. The van der Waals surface area contributed by atoms with Gasteiger partial charge in [-0.25, -0.2) is 4.68 Å². The Morgan fingerprint density at radius 1 is 1.21 bits per heavy atom. The van der Waals surface area contributed by atoms with Crippen molar-refractivity contribution in [3.63, 3.8) is 0 Å². The number of anilines is 1. The fraction of sp³-hybridized carbons (Fsp3) is 0.409. The van der Waals surface area contributed by atoms with Gasteiger partial charge in [0.2, 0.25) is 0 Å². The lowest BCUT2D eigenvalue weighted by atomic mass is 9.96. The van der Waals surface area contributed by atoms with Crippen LogP contribution in [0.25, 0.3) is 0 Å². The fourth-order valence-electron chi connectivity index (χ4n) is 4.08. The molecule has 0 radical (unpaired) electrons. The number of rotatable bonds is 4. The molecule has 2 aromatic heterocycles. The summed E-state index contributed by atoms with van der Waals surface area (Å²) >= 11 is 6.39. The number of carbonyl (C=O) groups is 1. The molecule has 1 amide bonds. The minimum Gasteiger partial charge on any atom is -0.362 e. The van der Waals surface area contributed by atoms with Crippen molar-refractivity contribution < 1.29 is 18.0 Å². The van der Waals surface area contributed by atoms with Gasteiger partial charge < -0.3 is 10.6 Å². The fourth-order valence-corrected chi connectivity index (χ4v) is 4.34. The van der Waals surface area contributed by atoms with Crippen molar-refractivity contribution in [3.8, 4) is 0 Å². The van der Waals surface area contributed by atoms with Crippen LogP contribution < -0.4 is 10.6 Å². The standard InChI is InChI=1S/C22H24ClF3N6O/c1-11-5-7-14(8-6-11)16-9-17(22(24,25)26)32-20(28-16)18(23)19(30-32)21(33)27-10-15-12(2)29-31(4)13(15)3/h5-8,16-17,28H,9-10H2,1-4H3,(H,27,33)/t16-,17+/m0/s1.